The van der Waals surface area contributed by atoms with E-state index in [0.29, 0.717) is 12.5 Å². The van der Waals surface area contributed by atoms with E-state index in [1.165, 1.54) is 0 Å². The number of aryl methyl sites for hydroxylation is 1. The first-order valence-electron chi connectivity index (χ1n) is 6.51. The fourth-order valence-electron chi connectivity index (χ4n) is 1.83. The van der Waals surface area contributed by atoms with Crippen LogP contribution in [0.1, 0.15) is 11.6 Å². The van der Waals surface area contributed by atoms with E-state index in [9.17, 15) is 0 Å². The highest BCUT2D eigenvalue weighted by Crippen LogP contribution is 2.18. The third-order valence-corrected chi connectivity index (χ3v) is 2.93. The van der Waals surface area contributed by atoms with Crippen molar-refractivity contribution in [3.63, 3.8) is 0 Å². The Kier molecular flexibility index (Phi) is 3.77. The lowest BCUT2D eigenvalue weighted by atomic mass is 10.3. The number of imidazole rings is 1. The smallest absolute Gasteiger partial charge is 0.316 e. The van der Waals surface area contributed by atoms with Crippen LogP contribution in [0.4, 0.5) is 5.69 Å². The summed E-state index contributed by atoms with van der Waals surface area (Å²) in [5.74, 6) is 2.00. The molecule has 6 nitrogen and oxygen atoms in total. The number of furan rings is 1. The number of benzene rings is 1. The molecule has 0 bridgehead atoms. The second kappa shape index (κ2) is 6.04. The maximum atomic E-state index is 5.53. The molecule has 2 aromatic heterocycles. The zero-order chi connectivity index (χ0) is 14.5. The van der Waals surface area contributed by atoms with Crippen molar-refractivity contribution in [3.05, 3.63) is 66.4 Å². The minimum absolute atomic E-state index is 0.308. The SMILES string of the molecule is Cc1nccn1Cc1ccc(ON=Nc2ccccc2)o1. The molecule has 0 unspecified atom stereocenters. The summed E-state index contributed by atoms with van der Waals surface area (Å²) in [6.45, 7) is 2.54. The summed E-state index contributed by atoms with van der Waals surface area (Å²) in [7, 11) is 0. The highest BCUT2D eigenvalue weighted by Gasteiger charge is 2.05. The van der Waals surface area contributed by atoms with Crippen molar-refractivity contribution in [1.82, 2.24) is 9.55 Å². The second-order valence-corrected chi connectivity index (χ2v) is 4.43. The van der Waals surface area contributed by atoms with Crippen molar-refractivity contribution in [1.29, 1.82) is 0 Å². The van der Waals surface area contributed by atoms with Crippen molar-refractivity contribution in [3.8, 4) is 5.95 Å². The Bertz CT molecular complexity index is 731. The molecule has 0 aliphatic carbocycles. The van der Waals surface area contributed by atoms with E-state index in [1.807, 2.05) is 54.1 Å². The van der Waals surface area contributed by atoms with Gasteiger partial charge in [-0.3, -0.25) is 4.84 Å². The van der Waals surface area contributed by atoms with Crippen molar-refractivity contribution in [2.24, 2.45) is 10.4 Å². The van der Waals surface area contributed by atoms with Crippen LogP contribution in [-0.4, -0.2) is 9.55 Å². The Morgan fingerprint density at radius 1 is 1.19 bits per heavy atom. The maximum Gasteiger partial charge on any atom is 0.316 e. The Morgan fingerprint density at radius 3 is 2.81 bits per heavy atom. The van der Waals surface area contributed by atoms with Gasteiger partial charge in [0, 0.05) is 23.7 Å². The third kappa shape index (κ3) is 3.36. The van der Waals surface area contributed by atoms with Crippen LogP contribution in [0.3, 0.4) is 0 Å². The molecule has 0 spiro atoms. The minimum atomic E-state index is 0.308. The van der Waals surface area contributed by atoms with Crippen LogP contribution in [0.5, 0.6) is 5.95 Å². The van der Waals surface area contributed by atoms with Crippen molar-refractivity contribution in [2.45, 2.75) is 13.5 Å². The molecular weight excluding hydrogens is 268 g/mol. The van der Waals surface area contributed by atoms with E-state index in [-0.39, 0.29) is 0 Å². The summed E-state index contributed by atoms with van der Waals surface area (Å²) < 4.78 is 7.51. The summed E-state index contributed by atoms with van der Waals surface area (Å²) in [5.41, 5.74) is 0.721. The van der Waals surface area contributed by atoms with Gasteiger partial charge in [-0.15, -0.1) is 5.11 Å². The van der Waals surface area contributed by atoms with Crippen molar-refractivity contribution in [2.75, 3.05) is 0 Å². The van der Waals surface area contributed by atoms with Gasteiger partial charge >= 0.3 is 5.95 Å². The molecule has 0 aliphatic rings. The topological polar surface area (TPSA) is 64.9 Å². The van der Waals surface area contributed by atoms with E-state index < -0.39 is 0 Å². The molecule has 0 atom stereocenters. The molecule has 106 valence electrons. The quantitative estimate of drug-likeness (QED) is 0.526. The molecule has 3 rings (SSSR count). The molecule has 0 radical (unpaired) electrons. The lowest BCUT2D eigenvalue weighted by molar-refractivity contribution is 0.230. The number of rotatable bonds is 5. The summed E-state index contributed by atoms with van der Waals surface area (Å²) in [5, 5.41) is 7.58. The van der Waals surface area contributed by atoms with Crippen LogP contribution < -0.4 is 4.84 Å². The first-order valence-corrected chi connectivity index (χ1v) is 6.51. The van der Waals surface area contributed by atoms with E-state index in [1.54, 1.807) is 12.3 Å². The van der Waals surface area contributed by atoms with E-state index in [4.69, 9.17) is 9.25 Å². The Hall–Kier alpha value is -2.89. The maximum absolute atomic E-state index is 5.53. The highest BCUT2D eigenvalue weighted by molar-refractivity contribution is 5.34. The van der Waals surface area contributed by atoms with Crippen LogP contribution >= 0.6 is 0 Å². The van der Waals surface area contributed by atoms with Crippen LogP contribution in [0.2, 0.25) is 0 Å². The molecule has 0 saturated carbocycles. The second-order valence-electron chi connectivity index (χ2n) is 4.43. The molecule has 2 heterocycles. The molecule has 1 aromatic carbocycles. The van der Waals surface area contributed by atoms with E-state index >= 15 is 0 Å². The number of aromatic nitrogens is 2. The van der Waals surface area contributed by atoms with Crippen LogP contribution in [0.25, 0.3) is 0 Å². The summed E-state index contributed by atoms with van der Waals surface area (Å²) in [6, 6.07) is 12.9. The van der Waals surface area contributed by atoms with Gasteiger partial charge in [0.25, 0.3) is 0 Å². The summed E-state index contributed by atoms with van der Waals surface area (Å²) >= 11 is 0. The molecule has 0 N–H and O–H groups in total. The number of nitrogens with zero attached hydrogens (tertiary/aromatic N) is 4. The lowest BCUT2D eigenvalue weighted by Crippen LogP contribution is -1.99. The van der Waals surface area contributed by atoms with Gasteiger partial charge in [0.1, 0.15) is 11.6 Å². The summed E-state index contributed by atoms with van der Waals surface area (Å²) in [4.78, 5) is 9.27. The van der Waals surface area contributed by atoms with Crippen molar-refractivity contribution < 1.29 is 9.25 Å². The highest BCUT2D eigenvalue weighted by atomic mass is 16.7. The Balaban J connectivity index is 1.60. The average molecular weight is 282 g/mol. The van der Waals surface area contributed by atoms with Gasteiger partial charge in [-0.05, 0) is 25.1 Å². The fourth-order valence-corrected chi connectivity index (χ4v) is 1.83. The standard InChI is InChI=1S/C15H14N4O2/c1-12-16-9-10-19(12)11-14-7-8-15(20-14)21-18-17-13-5-3-2-4-6-13/h2-10H,11H2,1H3. The first-order chi connectivity index (χ1) is 10.3. The molecule has 0 saturated heterocycles. The molecule has 3 aromatic rings. The lowest BCUT2D eigenvalue weighted by Gasteiger charge is -2.00. The monoisotopic (exact) mass is 282 g/mol. The number of hydrogen-bond acceptors (Lipinski definition) is 5. The molecule has 0 fully saturated rings. The van der Waals surface area contributed by atoms with Gasteiger partial charge in [-0.1, -0.05) is 18.2 Å². The first kappa shape index (κ1) is 13.1. The molecule has 0 amide bonds. The predicted octanol–water partition coefficient (Wildman–Crippen LogP) is 3.91. The predicted molar refractivity (Wildman–Crippen MR) is 76.4 cm³/mol. The molecule has 6 heteroatoms. The van der Waals surface area contributed by atoms with Crippen LogP contribution in [0, 0.1) is 6.92 Å². The van der Waals surface area contributed by atoms with Crippen LogP contribution in [-0.2, 0) is 6.54 Å². The summed E-state index contributed by atoms with van der Waals surface area (Å²) in [6.07, 6.45) is 3.65. The van der Waals surface area contributed by atoms with Crippen molar-refractivity contribution >= 4 is 5.69 Å². The molecular formula is C15H14N4O2. The Labute approximate surface area is 121 Å². The van der Waals surface area contributed by atoms with Gasteiger partial charge in [0.2, 0.25) is 0 Å². The van der Waals surface area contributed by atoms with Gasteiger partial charge in [-0.2, -0.15) is 0 Å². The molecule has 0 aliphatic heterocycles. The van der Waals surface area contributed by atoms with Crippen LogP contribution in [0.15, 0.2) is 69.7 Å². The third-order valence-electron chi connectivity index (χ3n) is 2.93. The average Bonchev–Trinajstić information content (AvgIpc) is 3.11. The fraction of sp³-hybridized carbons (Fsp3) is 0.133. The zero-order valence-electron chi connectivity index (χ0n) is 11.5. The number of hydrogen-bond donors (Lipinski definition) is 0. The Morgan fingerprint density at radius 2 is 2.05 bits per heavy atom. The van der Waals surface area contributed by atoms with Gasteiger partial charge < -0.3 is 8.98 Å². The van der Waals surface area contributed by atoms with E-state index in [0.717, 1.165) is 17.3 Å². The van der Waals surface area contributed by atoms with Gasteiger partial charge in [0.05, 0.1) is 12.2 Å². The van der Waals surface area contributed by atoms with E-state index in [2.05, 4.69) is 15.4 Å². The largest absolute Gasteiger partial charge is 0.427 e. The van der Waals surface area contributed by atoms with Gasteiger partial charge in [-0.25, -0.2) is 4.98 Å². The normalized spacial score (nSPS) is 11.1. The van der Waals surface area contributed by atoms with Gasteiger partial charge in [0.15, 0.2) is 0 Å². The molecule has 21 heavy (non-hydrogen) atoms. The zero-order valence-corrected chi connectivity index (χ0v) is 11.5. The minimum Gasteiger partial charge on any atom is -0.427 e.